The Morgan fingerprint density at radius 2 is 2.05 bits per heavy atom. The number of methoxy groups -OCH3 is 1. The second-order valence-corrected chi connectivity index (χ2v) is 6.28. The second kappa shape index (κ2) is 6.88. The third-order valence-corrected chi connectivity index (χ3v) is 4.18. The Hall–Kier alpha value is -1.36. The molecule has 0 fully saturated rings. The molecule has 1 atom stereocenters. The van der Waals surface area contributed by atoms with Crippen LogP contribution in [0.2, 0.25) is 0 Å². The van der Waals surface area contributed by atoms with Gasteiger partial charge in [-0.15, -0.1) is 11.3 Å². The molecule has 2 aromatic rings. The molecule has 0 radical (unpaired) electrons. The van der Waals surface area contributed by atoms with E-state index in [2.05, 4.69) is 24.4 Å². The number of benzene rings is 1. The SMILES string of the molecule is COc1ccc(C)cc1C(O)CNCc1ccc(C)s1. The van der Waals surface area contributed by atoms with Gasteiger partial charge < -0.3 is 15.2 Å². The first-order chi connectivity index (χ1) is 9.60. The lowest BCUT2D eigenvalue weighted by molar-refractivity contribution is 0.170. The predicted octanol–water partition coefficient (Wildman–Crippen LogP) is 3.20. The van der Waals surface area contributed by atoms with Gasteiger partial charge in [0.15, 0.2) is 0 Å². The molecule has 0 aliphatic carbocycles. The molecule has 3 nitrogen and oxygen atoms in total. The Kier molecular flexibility index (Phi) is 5.17. The fourth-order valence-electron chi connectivity index (χ4n) is 2.14. The maximum atomic E-state index is 10.3. The summed E-state index contributed by atoms with van der Waals surface area (Å²) in [6.45, 7) is 5.40. The largest absolute Gasteiger partial charge is 0.496 e. The van der Waals surface area contributed by atoms with Crippen LogP contribution >= 0.6 is 11.3 Å². The molecular weight excluding hydrogens is 270 g/mol. The summed E-state index contributed by atoms with van der Waals surface area (Å²) in [6.07, 6.45) is -0.564. The molecule has 4 heteroatoms. The van der Waals surface area contributed by atoms with E-state index in [1.54, 1.807) is 18.4 Å². The molecule has 108 valence electrons. The summed E-state index contributed by atoms with van der Waals surface area (Å²) >= 11 is 1.78. The number of aliphatic hydroxyl groups is 1. The van der Waals surface area contributed by atoms with Crippen molar-refractivity contribution in [1.82, 2.24) is 5.32 Å². The topological polar surface area (TPSA) is 41.5 Å². The fraction of sp³-hybridized carbons (Fsp3) is 0.375. The standard InChI is InChI=1S/C16H21NO2S/c1-11-4-7-16(19-3)14(8-11)15(18)10-17-9-13-6-5-12(2)20-13/h4-8,15,17-18H,9-10H2,1-3H3. The van der Waals surface area contributed by atoms with Crippen molar-refractivity contribution in [1.29, 1.82) is 0 Å². The smallest absolute Gasteiger partial charge is 0.124 e. The molecule has 1 aromatic carbocycles. The number of aryl methyl sites for hydroxylation is 2. The first kappa shape index (κ1) is 15.0. The summed E-state index contributed by atoms with van der Waals surface area (Å²) in [6, 6.07) is 10.1. The third kappa shape index (κ3) is 3.82. The third-order valence-electron chi connectivity index (χ3n) is 3.18. The maximum absolute atomic E-state index is 10.3. The van der Waals surface area contributed by atoms with Gasteiger partial charge in [0.25, 0.3) is 0 Å². The van der Waals surface area contributed by atoms with Crippen molar-refractivity contribution >= 4 is 11.3 Å². The molecule has 1 aromatic heterocycles. The average molecular weight is 291 g/mol. The minimum atomic E-state index is -0.564. The Labute approximate surface area is 124 Å². The number of rotatable bonds is 6. The number of thiophene rings is 1. The normalized spacial score (nSPS) is 12.4. The van der Waals surface area contributed by atoms with Crippen LogP contribution in [0.4, 0.5) is 0 Å². The highest BCUT2D eigenvalue weighted by atomic mass is 32.1. The number of aliphatic hydroxyl groups excluding tert-OH is 1. The van der Waals surface area contributed by atoms with Crippen molar-refractivity contribution in [3.63, 3.8) is 0 Å². The summed E-state index contributed by atoms with van der Waals surface area (Å²) in [5.74, 6) is 0.733. The van der Waals surface area contributed by atoms with E-state index >= 15 is 0 Å². The molecule has 0 bridgehead atoms. The van der Waals surface area contributed by atoms with E-state index < -0.39 is 6.10 Å². The lowest BCUT2D eigenvalue weighted by atomic mass is 10.1. The average Bonchev–Trinajstić information content (AvgIpc) is 2.84. The van der Waals surface area contributed by atoms with E-state index in [1.165, 1.54) is 9.75 Å². The summed E-state index contributed by atoms with van der Waals surface area (Å²) in [5.41, 5.74) is 1.95. The Balaban J connectivity index is 1.94. The van der Waals surface area contributed by atoms with Crippen LogP contribution in [0, 0.1) is 13.8 Å². The summed E-state index contributed by atoms with van der Waals surface area (Å²) in [7, 11) is 1.63. The van der Waals surface area contributed by atoms with Gasteiger partial charge in [-0.25, -0.2) is 0 Å². The van der Waals surface area contributed by atoms with Crippen LogP contribution < -0.4 is 10.1 Å². The fourth-order valence-corrected chi connectivity index (χ4v) is 3.00. The zero-order valence-electron chi connectivity index (χ0n) is 12.1. The van der Waals surface area contributed by atoms with Crippen molar-refractivity contribution in [3.8, 4) is 5.75 Å². The van der Waals surface area contributed by atoms with Crippen molar-refractivity contribution < 1.29 is 9.84 Å². The molecular formula is C16H21NO2S. The quantitative estimate of drug-likeness (QED) is 0.859. The number of ether oxygens (including phenoxy) is 1. The molecule has 20 heavy (non-hydrogen) atoms. The molecule has 0 saturated carbocycles. The molecule has 2 N–H and O–H groups in total. The molecule has 1 heterocycles. The highest BCUT2D eigenvalue weighted by Crippen LogP contribution is 2.26. The Morgan fingerprint density at radius 1 is 1.25 bits per heavy atom. The summed E-state index contributed by atoms with van der Waals surface area (Å²) in [5, 5.41) is 13.6. The van der Waals surface area contributed by atoms with Crippen LogP contribution in [-0.4, -0.2) is 18.8 Å². The van der Waals surface area contributed by atoms with Crippen LogP contribution in [0.15, 0.2) is 30.3 Å². The van der Waals surface area contributed by atoms with Gasteiger partial charge in [0.05, 0.1) is 13.2 Å². The van der Waals surface area contributed by atoms with E-state index in [4.69, 9.17) is 4.74 Å². The van der Waals surface area contributed by atoms with Crippen LogP contribution in [0.25, 0.3) is 0 Å². The van der Waals surface area contributed by atoms with E-state index in [1.807, 2.05) is 25.1 Å². The van der Waals surface area contributed by atoms with Gasteiger partial charge >= 0.3 is 0 Å². The van der Waals surface area contributed by atoms with E-state index in [0.717, 1.165) is 23.4 Å². The number of hydrogen-bond donors (Lipinski definition) is 2. The highest BCUT2D eigenvalue weighted by molar-refractivity contribution is 7.11. The summed E-state index contributed by atoms with van der Waals surface area (Å²) < 4.78 is 5.30. The highest BCUT2D eigenvalue weighted by Gasteiger charge is 2.13. The van der Waals surface area contributed by atoms with Gasteiger partial charge in [-0.3, -0.25) is 0 Å². The van der Waals surface area contributed by atoms with Crippen LogP contribution in [0.5, 0.6) is 5.75 Å². The molecule has 0 saturated heterocycles. The van der Waals surface area contributed by atoms with Crippen LogP contribution in [0.3, 0.4) is 0 Å². The maximum Gasteiger partial charge on any atom is 0.124 e. The molecule has 0 amide bonds. The molecule has 2 rings (SSSR count). The lowest BCUT2D eigenvalue weighted by Crippen LogP contribution is -2.21. The van der Waals surface area contributed by atoms with Crippen molar-refractivity contribution in [2.45, 2.75) is 26.5 Å². The first-order valence-electron chi connectivity index (χ1n) is 6.69. The van der Waals surface area contributed by atoms with Gasteiger partial charge in [0.1, 0.15) is 5.75 Å². The monoisotopic (exact) mass is 291 g/mol. The Bertz CT molecular complexity index is 565. The zero-order chi connectivity index (χ0) is 14.5. The number of nitrogens with one attached hydrogen (secondary N) is 1. The van der Waals surface area contributed by atoms with Crippen molar-refractivity contribution in [2.75, 3.05) is 13.7 Å². The lowest BCUT2D eigenvalue weighted by Gasteiger charge is -2.16. The molecule has 0 spiro atoms. The molecule has 1 unspecified atom stereocenters. The van der Waals surface area contributed by atoms with Crippen LogP contribution in [0.1, 0.15) is 27.0 Å². The van der Waals surface area contributed by atoms with E-state index in [9.17, 15) is 5.11 Å². The molecule has 0 aliphatic rings. The minimum absolute atomic E-state index is 0.511. The van der Waals surface area contributed by atoms with E-state index in [0.29, 0.717) is 6.54 Å². The van der Waals surface area contributed by atoms with Gasteiger partial charge in [0.2, 0.25) is 0 Å². The Morgan fingerprint density at radius 3 is 2.70 bits per heavy atom. The van der Waals surface area contributed by atoms with E-state index in [-0.39, 0.29) is 0 Å². The number of hydrogen-bond acceptors (Lipinski definition) is 4. The second-order valence-electron chi connectivity index (χ2n) is 4.90. The van der Waals surface area contributed by atoms with Gasteiger partial charge in [0, 0.05) is 28.4 Å². The summed E-state index contributed by atoms with van der Waals surface area (Å²) in [4.78, 5) is 2.59. The van der Waals surface area contributed by atoms with Crippen LogP contribution in [-0.2, 0) is 6.54 Å². The predicted molar refractivity (Wildman–Crippen MR) is 83.5 cm³/mol. The van der Waals surface area contributed by atoms with Crippen molar-refractivity contribution in [2.24, 2.45) is 0 Å². The first-order valence-corrected chi connectivity index (χ1v) is 7.50. The minimum Gasteiger partial charge on any atom is -0.496 e. The van der Waals surface area contributed by atoms with Gasteiger partial charge in [-0.05, 0) is 38.1 Å². The van der Waals surface area contributed by atoms with Crippen molar-refractivity contribution in [3.05, 3.63) is 51.2 Å². The molecule has 0 aliphatic heterocycles. The van der Waals surface area contributed by atoms with Gasteiger partial charge in [-0.2, -0.15) is 0 Å². The zero-order valence-corrected chi connectivity index (χ0v) is 13.0. The van der Waals surface area contributed by atoms with Gasteiger partial charge in [-0.1, -0.05) is 11.6 Å².